The van der Waals surface area contributed by atoms with Crippen LogP contribution in [-0.2, 0) is 20.7 Å². The highest BCUT2D eigenvalue weighted by Crippen LogP contribution is 2.31. The van der Waals surface area contributed by atoms with E-state index in [0.717, 1.165) is 16.7 Å². The molecule has 6 N–H and O–H groups in total. The minimum absolute atomic E-state index is 0.0861. The molecule has 1 fully saturated rings. The summed E-state index contributed by atoms with van der Waals surface area (Å²) in [5.74, 6) is -1.01. The Balaban J connectivity index is 1.47. The summed E-state index contributed by atoms with van der Waals surface area (Å²) in [6, 6.07) is 25.1. The maximum absolute atomic E-state index is 13.8. The number of hydrogen-bond donors (Lipinski definition) is 5. The molecule has 1 heterocycles. The van der Waals surface area contributed by atoms with Gasteiger partial charge in [-0.25, -0.2) is 9.59 Å². The maximum Gasteiger partial charge on any atom is 0.405 e. The van der Waals surface area contributed by atoms with Crippen LogP contribution in [0.5, 0.6) is 0 Å². The van der Waals surface area contributed by atoms with Gasteiger partial charge in [0.15, 0.2) is 0 Å². The molecule has 1 saturated heterocycles. The Labute approximate surface area is 258 Å². The average molecular weight is 603 g/mol. The Kier molecular flexibility index (Phi) is 11.3. The highest BCUT2D eigenvalue weighted by molar-refractivity contribution is 5.98. The molecule has 0 aromatic heterocycles. The van der Waals surface area contributed by atoms with E-state index in [1.807, 2.05) is 98.8 Å². The molecule has 0 aliphatic carbocycles. The highest BCUT2D eigenvalue weighted by Gasteiger charge is 2.41. The van der Waals surface area contributed by atoms with Crippen LogP contribution >= 0.6 is 0 Å². The van der Waals surface area contributed by atoms with Gasteiger partial charge in [0.1, 0.15) is 11.6 Å². The van der Waals surface area contributed by atoms with Gasteiger partial charge in [-0.3, -0.25) is 4.79 Å². The van der Waals surface area contributed by atoms with E-state index >= 15 is 0 Å². The third-order valence-electron chi connectivity index (χ3n) is 8.45. The van der Waals surface area contributed by atoms with Gasteiger partial charge in [-0.1, -0.05) is 92.7 Å². The number of nitrogens with two attached hydrogens (primary N) is 1. The molecule has 3 aromatic carbocycles. The lowest BCUT2D eigenvalue weighted by molar-refractivity contribution is -0.118. The predicted molar refractivity (Wildman–Crippen MR) is 169 cm³/mol. The summed E-state index contributed by atoms with van der Waals surface area (Å²) in [5, 5.41) is 18.7. The molecular weight excluding hydrogens is 560 g/mol. The second-order valence-electron chi connectivity index (χ2n) is 11.0. The topological polar surface area (TPSA) is 152 Å². The van der Waals surface area contributed by atoms with Gasteiger partial charge in [0.2, 0.25) is 5.91 Å². The molecule has 0 saturated carbocycles. The van der Waals surface area contributed by atoms with Crippen molar-refractivity contribution in [3.8, 4) is 0 Å². The number of primary amides is 1. The van der Waals surface area contributed by atoms with Crippen molar-refractivity contribution in [3.63, 3.8) is 0 Å². The van der Waals surface area contributed by atoms with E-state index in [9.17, 15) is 19.5 Å². The van der Waals surface area contributed by atoms with Gasteiger partial charge in [0, 0.05) is 18.2 Å². The molecule has 3 atom stereocenters. The average Bonchev–Trinajstić information content (AvgIpc) is 3.04. The highest BCUT2D eigenvalue weighted by atomic mass is 16.6. The molecule has 4 rings (SSSR count). The molecule has 0 radical (unpaired) electrons. The zero-order chi connectivity index (χ0) is 31.5. The number of amides is 3. The molecule has 234 valence electrons. The number of rotatable bonds is 13. The number of morpholine rings is 1. The number of nitrogens with one attached hydrogen (secondary N) is 3. The lowest BCUT2D eigenvalue weighted by Gasteiger charge is -2.42. The number of para-hydroxylation sites is 1. The first-order valence-corrected chi connectivity index (χ1v) is 15.1. The first-order chi connectivity index (χ1) is 21.3. The lowest BCUT2D eigenvalue weighted by atomic mass is 9.84. The molecule has 10 nitrogen and oxygen atoms in total. The van der Waals surface area contributed by atoms with Crippen LogP contribution in [0.15, 0.2) is 84.9 Å². The number of carboxylic acid groups (broad SMARTS) is 1. The molecule has 0 unspecified atom stereocenters. The molecule has 1 aliphatic heterocycles. The predicted octanol–water partition coefficient (Wildman–Crippen LogP) is 5.04. The minimum Gasteiger partial charge on any atom is -0.465 e. The summed E-state index contributed by atoms with van der Waals surface area (Å²) >= 11 is 0. The SMILES string of the molecule is CCC(CC)(OC(N)=O)[C@@H]1CO[C@H](CCc2ccccc2NC(=O)[C@@H](NC(=O)O)C(c2ccccc2)c2ccccc2)CN1. The fraction of sp³-hybridized carbons (Fsp3) is 0.382. The third-order valence-corrected chi connectivity index (χ3v) is 8.45. The fourth-order valence-electron chi connectivity index (χ4n) is 6.02. The zero-order valence-electron chi connectivity index (χ0n) is 25.2. The Morgan fingerprint density at radius 2 is 1.57 bits per heavy atom. The Morgan fingerprint density at radius 1 is 0.977 bits per heavy atom. The van der Waals surface area contributed by atoms with Crippen LogP contribution in [0.25, 0.3) is 0 Å². The Bertz CT molecular complexity index is 1340. The summed E-state index contributed by atoms with van der Waals surface area (Å²) in [7, 11) is 0. The summed E-state index contributed by atoms with van der Waals surface area (Å²) in [4.78, 5) is 37.3. The minimum atomic E-state index is -1.29. The summed E-state index contributed by atoms with van der Waals surface area (Å²) < 4.78 is 11.7. The monoisotopic (exact) mass is 602 g/mol. The van der Waals surface area contributed by atoms with Crippen LogP contribution < -0.4 is 21.7 Å². The molecule has 3 amide bonds. The second kappa shape index (κ2) is 15.4. The van der Waals surface area contributed by atoms with Crippen LogP contribution in [-0.4, -0.2) is 60.1 Å². The van der Waals surface area contributed by atoms with Crippen LogP contribution in [0.1, 0.15) is 55.7 Å². The van der Waals surface area contributed by atoms with Gasteiger partial charge in [-0.05, 0) is 48.4 Å². The number of benzene rings is 3. The summed E-state index contributed by atoms with van der Waals surface area (Å²) in [5.41, 5.74) is 7.77. The van der Waals surface area contributed by atoms with Crippen molar-refractivity contribution >= 4 is 23.8 Å². The number of anilines is 1. The van der Waals surface area contributed by atoms with E-state index < -0.39 is 35.7 Å². The number of carbonyl (C=O) groups is 3. The van der Waals surface area contributed by atoms with Gasteiger partial charge in [0.25, 0.3) is 0 Å². The fourth-order valence-corrected chi connectivity index (χ4v) is 6.02. The molecule has 10 heteroatoms. The molecule has 0 bridgehead atoms. The summed E-state index contributed by atoms with van der Waals surface area (Å²) in [6.07, 6.45) is 0.355. The van der Waals surface area contributed by atoms with Gasteiger partial charge in [0.05, 0.1) is 18.8 Å². The Hall–Kier alpha value is -4.41. The van der Waals surface area contributed by atoms with E-state index in [0.29, 0.717) is 44.5 Å². The van der Waals surface area contributed by atoms with E-state index in [2.05, 4.69) is 16.0 Å². The van der Waals surface area contributed by atoms with Gasteiger partial charge >= 0.3 is 12.2 Å². The quantitative estimate of drug-likeness (QED) is 0.184. The molecular formula is C34H42N4O6. The first-order valence-electron chi connectivity index (χ1n) is 15.1. The normalized spacial score (nSPS) is 17.4. The smallest absolute Gasteiger partial charge is 0.405 e. The van der Waals surface area contributed by atoms with Crippen molar-refractivity contribution in [1.29, 1.82) is 0 Å². The summed E-state index contributed by atoms with van der Waals surface area (Å²) in [6.45, 7) is 4.87. The van der Waals surface area contributed by atoms with Crippen molar-refractivity contribution in [1.82, 2.24) is 10.6 Å². The standard InChI is InChI=1S/C34H42N4O6/c1-3-34(4-2,44-32(35)40)28-22-43-26(21-36-28)20-19-23-13-11-12-18-27(23)37-31(39)30(38-33(41)42)29(24-14-7-5-8-15-24)25-16-9-6-10-17-25/h5-18,26,28-30,36,38H,3-4,19-22H2,1-2H3,(H2,35,40)(H,37,39)(H,41,42)/t26-,28+,30+/m1/s1. The number of hydrogen-bond acceptors (Lipinski definition) is 6. The van der Waals surface area contributed by atoms with Crippen LogP contribution in [0.4, 0.5) is 15.3 Å². The van der Waals surface area contributed by atoms with E-state index in [-0.39, 0.29) is 12.1 Å². The van der Waals surface area contributed by atoms with Crippen molar-refractivity contribution in [3.05, 3.63) is 102 Å². The van der Waals surface area contributed by atoms with Gasteiger partial charge in [-0.2, -0.15) is 0 Å². The van der Waals surface area contributed by atoms with E-state index in [1.54, 1.807) is 0 Å². The maximum atomic E-state index is 13.8. The Morgan fingerprint density at radius 3 is 2.09 bits per heavy atom. The second-order valence-corrected chi connectivity index (χ2v) is 11.0. The van der Waals surface area contributed by atoms with E-state index in [4.69, 9.17) is 15.2 Å². The van der Waals surface area contributed by atoms with Crippen LogP contribution in [0.3, 0.4) is 0 Å². The van der Waals surface area contributed by atoms with E-state index in [1.165, 1.54) is 0 Å². The van der Waals surface area contributed by atoms with Crippen molar-refractivity contribution in [2.45, 2.75) is 69.2 Å². The van der Waals surface area contributed by atoms with Gasteiger partial charge < -0.3 is 36.3 Å². The van der Waals surface area contributed by atoms with Gasteiger partial charge in [-0.15, -0.1) is 0 Å². The first kappa shape index (κ1) is 32.5. The molecule has 44 heavy (non-hydrogen) atoms. The van der Waals surface area contributed by atoms with Crippen molar-refractivity contribution in [2.75, 3.05) is 18.5 Å². The zero-order valence-corrected chi connectivity index (χ0v) is 25.2. The number of aryl methyl sites for hydroxylation is 1. The number of ether oxygens (including phenoxy) is 2. The molecule has 1 aliphatic rings. The van der Waals surface area contributed by atoms with Crippen molar-refractivity contribution in [2.24, 2.45) is 5.73 Å². The van der Waals surface area contributed by atoms with Crippen LogP contribution in [0.2, 0.25) is 0 Å². The van der Waals surface area contributed by atoms with Crippen LogP contribution in [0, 0.1) is 0 Å². The van der Waals surface area contributed by atoms with Crippen molar-refractivity contribution < 1.29 is 29.0 Å². The lowest BCUT2D eigenvalue weighted by Crippen LogP contribution is -2.60. The number of carbonyl (C=O) groups excluding carboxylic acids is 2. The molecule has 0 spiro atoms. The molecule has 3 aromatic rings. The largest absolute Gasteiger partial charge is 0.465 e. The third kappa shape index (κ3) is 8.15.